The molecule has 0 aliphatic rings. The minimum atomic E-state index is -0.343. The molecule has 0 unspecified atom stereocenters. The lowest BCUT2D eigenvalue weighted by Crippen LogP contribution is -2.37. The van der Waals surface area contributed by atoms with E-state index in [2.05, 4.69) is 10.6 Å². The van der Waals surface area contributed by atoms with Gasteiger partial charge in [0.2, 0.25) is 5.69 Å². The van der Waals surface area contributed by atoms with Crippen molar-refractivity contribution < 1.29 is 9.52 Å². The van der Waals surface area contributed by atoms with Gasteiger partial charge in [-0.05, 0) is 18.2 Å². The van der Waals surface area contributed by atoms with Gasteiger partial charge in [-0.1, -0.05) is 18.2 Å². The summed E-state index contributed by atoms with van der Waals surface area (Å²) in [6.07, 6.45) is 1.39. The average molecular weight is 243 g/mol. The van der Waals surface area contributed by atoms with E-state index in [0.717, 1.165) is 4.73 Å². The van der Waals surface area contributed by atoms with Crippen LogP contribution in [-0.4, -0.2) is 6.03 Å². The van der Waals surface area contributed by atoms with Crippen LogP contribution in [0, 0.1) is 5.21 Å². The van der Waals surface area contributed by atoms with Crippen molar-refractivity contribution in [1.29, 1.82) is 0 Å². The molecule has 1 heterocycles. The summed E-state index contributed by atoms with van der Waals surface area (Å²) in [5.41, 5.74) is 1.19. The summed E-state index contributed by atoms with van der Waals surface area (Å²) < 4.78 is 0.725. The number of hydrogen-bond donors (Lipinski definition) is 2. The molecule has 0 saturated heterocycles. The lowest BCUT2D eigenvalue weighted by Gasteiger charge is -2.07. The third-order valence-electron chi connectivity index (χ3n) is 2.37. The number of aromatic nitrogens is 1. The zero-order valence-electron chi connectivity index (χ0n) is 9.67. The molecule has 0 saturated carbocycles. The van der Waals surface area contributed by atoms with Crippen LogP contribution in [-0.2, 0) is 6.54 Å². The molecule has 0 spiro atoms. The molecule has 0 radical (unpaired) electrons. The van der Waals surface area contributed by atoms with Crippen molar-refractivity contribution in [3.8, 4) is 0 Å². The van der Waals surface area contributed by atoms with Gasteiger partial charge in [-0.15, -0.1) is 0 Å². The van der Waals surface area contributed by atoms with Gasteiger partial charge in [0.25, 0.3) is 0 Å². The molecule has 18 heavy (non-hydrogen) atoms. The second kappa shape index (κ2) is 5.67. The topological polar surface area (TPSA) is 68.1 Å². The van der Waals surface area contributed by atoms with Crippen molar-refractivity contribution in [3.63, 3.8) is 0 Å². The summed E-state index contributed by atoms with van der Waals surface area (Å²) >= 11 is 0. The molecule has 0 fully saturated rings. The first-order chi connectivity index (χ1) is 8.75. The SMILES string of the molecule is O=C(NCc1cccc[n+]1[O-])Nc1ccccc1. The van der Waals surface area contributed by atoms with Crippen molar-refractivity contribution >= 4 is 11.7 Å². The van der Waals surface area contributed by atoms with E-state index in [1.807, 2.05) is 18.2 Å². The van der Waals surface area contributed by atoms with E-state index in [4.69, 9.17) is 0 Å². The van der Waals surface area contributed by atoms with Crippen LogP contribution in [0.4, 0.5) is 10.5 Å². The van der Waals surface area contributed by atoms with Crippen LogP contribution in [0.2, 0.25) is 0 Å². The first-order valence-corrected chi connectivity index (χ1v) is 5.52. The Morgan fingerprint density at radius 3 is 2.56 bits per heavy atom. The molecule has 2 amide bonds. The van der Waals surface area contributed by atoms with Crippen LogP contribution in [0.15, 0.2) is 54.7 Å². The lowest BCUT2D eigenvalue weighted by molar-refractivity contribution is -0.614. The van der Waals surface area contributed by atoms with E-state index in [1.165, 1.54) is 6.20 Å². The normalized spacial score (nSPS) is 9.78. The first-order valence-electron chi connectivity index (χ1n) is 5.52. The number of nitrogens with one attached hydrogen (secondary N) is 2. The van der Waals surface area contributed by atoms with Gasteiger partial charge in [-0.2, -0.15) is 4.73 Å². The van der Waals surface area contributed by atoms with Crippen LogP contribution in [0.3, 0.4) is 0 Å². The second-order valence-corrected chi connectivity index (χ2v) is 3.69. The summed E-state index contributed by atoms with van der Waals surface area (Å²) in [4.78, 5) is 11.6. The third-order valence-corrected chi connectivity index (χ3v) is 2.37. The number of benzene rings is 1. The van der Waals surface area contributed by atoms with E-state index in [9.17, 15) is 10.0 Å². The number of carbonyl (C=O) groups excluding carboxylic acids is 1. The fourth-order valence-electron chi connectivity index (χ4n) is 1.47. The van der Waals surface area contributed by atoms with E-state index in [-0.39, 0.29) is 12.6 Å². The standard InChI is InChI=1S/C13H13N3O2/c17-13(15-11-6-2-1-3-7-11)14-10-12-8-4-5-9-16(12)18/h1-9H,10H2,(H2,14,15,17). The number of pyridine rings is 1. The van der Waals surface area contributed by atoms with Gasteiger partial charge < -0.3 is 15.8 Å². The van der Waals surface area contributed by atoms with E-state index in [0.29, 0.717) is 11.4 Å². The molecule has 92 valence electrons. The van der Waals surface area contributed by atoms with Crippen molar-refractivity contribution in [3.05, 3.63) is 65.6 Å². The van der Waals surface area contributed by atoms with Crippen molar-refractivity contribution in [1.82, 2.24) is 5.32 Å². The summed E-state index contributed by atoms with van der Waals surface area (Å²) in [6.45, 7) is 0.184. The Morgan fingerprint density at radius 2 is 1.83 bits per heavy atom. The Kier molecular flexibility index (Phi) is 3.76. The maximum atomic E-state index is 11.6. The molecule has 2 aromatic rings. The van der Waals surface area contributed by atoms with Crippen LogP contribution >= 0.6 is 0 Å². The minimum Gasteiger partial charge on any atom is -0.618 e. The summed E-state index contributed by atoms with van der Waals surface area (Å²) in [5, 5.41) is 16.6. The second-order valence-electron chi connectivity index (χ2n) is 3.69. The number of hydrogen-bond acceptors (Lipinski definition) is 2. The summed E-state index contributed by atoms with van der Waals surface area (Å²) in [6, 6.07) is 13.8. The molecule has 0 bridgehead atoms. The lowest BCUT2D eigenvalue weighted by atomic mass is 10.3. The highest BCUT2D eigenvalue weighted by Crippen LogP contribution is 2.04. The Bertz CT molecular complexity index is 529. The zero-order chi connectivity index (χ0) is 12.8. The average Bonchev–Trinajstić information content (AvgIpc) is 2.39. The first kappa shape index (κ1) is 11.9. The Hall–Kier alpha value is -2.56. The fourth-order valence-corrected chi connectivity index (χ4v) is 1.47. The number of carbonyl (C=O) groups is 1. The predicted molar refractivity (Wildman–Crippen MR) is 67.7 cm³/mol. The van der Waals surface area contributed by atoms with Gasteiger partial charge in [0.1, 0.15) is 6.54 Å². The van der Waals surface area contributed by atoms with Crippen molar-refractivity contribution in [2.24, 2.45) is 0 Å². The summed E-state index contributed by atoms with van der Waals surface area (Å²) in [5.74, 6) is 0. The van der Waals surface area contributed by atoms with E-state index < -0.39 is 0 Å². The molecule has 5 nitrogen and oxygen atoms in total. The molecule has 1 aromatic heterocycles. The van der Waals surface area contributed by atoms with Gasteiger partial charge in [0.05, 0.1) is 0 Å². The van der Waals surface area contributed by atoms with Crippen molar-refractivity contribution in [2.75, 3.05) is 5.32 Å². The molecule has 5 heteroatoms. The maximum Gasteiger partial charge on any atom is 0.319 e. The summed E-state index contributed by atoms with van der Waals surface area (Å²) in [7, 11) is 0. The van der Waals surface area contributed by atoms with Crippen LogP contribution < -0.4 is 15.4 Å². The van der Waals surface area contributed by atoms with E-state index >= 15 is 0 Å². The maximum absolute atomic E-state index is 11.6. The molecule has 2 N–H and O–H groups in total. The van der Waals surface area contributed by atoms with Gasteiger partial charge >= 0.3 is 6.03 Å². The fraction of sp³-hybridized carbons (Fsp3) is 0.0769. The monoisotopic (exact) mass is 243 g/mol. The van der Waals surface area contributed by atoms with Gasteiger partial charge in [0.15, 0.2) is 6.20 Å². The molecule has 1 aromatic carbocycles. The highest BCUT2D eigenvalue weighted by molar-refractivity contribution is 5.89. The third kappa shape index (κ3) is 3.21. The van der Waals surface area contributed by atoms with Gasteiger partial charge in [-0.25, -0.2) is 4.79 Å². The number of anilines is 1. The number of amides is 2. The Morgan fingerprint density at radius 1 is 1.11 bits per heavy atom. The number of para-hydroxylation sites is 1. The van der Waals surface area contributed by atoms with E-state index in [1.54, 1.807) is 30.3 Å². The quantitative estimate of drug-likeness (QED) is 0.635. The van der Waals surface area contributed by atoms with Crippen LogP contribution in [0.5, 0.6) is 0 Å². The van der Waals surface area contributed by atoms with Crippen molar-refractivity contribution in [2.45, 2.75) is 6.54 Å². The predicted octanol–water partition coefficient (Wildman–Crippen LogP) is 1.64. The van der Waals surface area contributed by atoms with Crippen LogP contribution in [0.25, 0.3) is 0 Å². The van der Waals surface area contributed by atoms with Crippen LogP contribution in [0.1, 0.15) is 5.69 Å². The molecule has 0 aliphatic heterocycles. The zero-order valence-corrected chi connectivity index (χ0v) is 9.67. The highest BCUT2D eigenvalue weighted by atomic mass is 16.5. The molecular formula is C13H13N3O2. The van der Waals surface area contributed by atoms with Gasteiger partial charge in [-0.3, -0.25) is 0 Å². The Labute approximate surface area is 105 Å². The smallest absolute Gasteiger partial charge is 0.319 e. The molecular weight excluding hydrogens is 230 g/mol. The molecule has 2 rings (SSSR count). The highest BCUT2D eigenvalue weighted by Gasteiger charge is 2.06. The molecule has 0 aliphatic carbocycles. The number of urea groups is 1. The minimum absolute atomic E-state index is 0.184. The Balaban J connectivity index is 1.88. The number of nitrogens with zero attached hydrogens (tertiary/aromatic N) is 1. The van der Waals surface area contributed by atoms with Gasteiger partial charge in [0, 0.05) is 17.8 Å². The molecule has 0 atom stereocenters. The number of rotatable bonds is 3. The largest absolute Gasteiger partial charge is 0.618 e.